The molecule has 0 radical (unpaired) electrons. The summed E-state index contributed by atoms with van der Waals surface area (Å²) in [5, 5.41) is 12.6. The Bertz CT molecular complexity index is 342. The van der Waals surface area contributed by atoms with Gasteiger partial charge in [0.25, 0.3) is 0 Å². The van der Waals surface area contributed by atoms with Crippen LogP contribution in [0.4, 0.5) is 4.79 Å². The first-order valence-corrected chi connectivity index (χ1v) is 7.04. The first kappa shape index (κ1) is 19.3. The number of aliphatic hydroxyl groups excluding tert-OH is 1. The van der Waals surface area contributed by atoms with E-state index in [-0.39, 0.29) is 18.6 Å². The van der Waals surface area contributed by atoms with E-state index in [1.807, 2.05) is 36.9 Å². The Morgan fingerprint density at radius 1 is 1.20 bits per heavy atom. The maximum absolute atomic E-state index is 12.3. The molecule has 0 aliphatic carbocycles. The zero-order chi connectivity index (χ0) is 16.0. The lowest BCUT2D eigenvalue weighted by Crippen LogP contribution is -2.48. The molecule has 0 amide bonds. The van der Waals surface area contributed by atoms with Crippen molar-refractivity contribution >= 4 is 20.9 Å². The first-order valence-electron chi connectivity index (χ1n) is 6.46. The minimum Gasteiger partial charge on any atom is -0.462 e. The molecule has 2 N–H and O–H groups in total. The summed E-state index contributed by atoms with van der Waals surface area (Å²) in [4.78, 5) is 22.8. The molecule has 3 atom stereocenters. The summed E-state index contributed by atoms with van der Waals surface area (Å²) >= 11 is 0. The van der Waals surface area contributed by atoms with Crippen molar-refractivity contribution in [2.24, 2.45) is 10.8 Å². The van der Waals surface area contributed by atoms with Crippen LogP contribution in [0.3, 0.4) is 0 Å². The van der Waals surface area contributed by atoms with Crippen molar-refractivity contribution in [1.82, 2.24) is 5.32 Å². The van der Waals surface area contributed by atoms with E-state index in [4.69, 9.17) is 4.74 Å². The van der Waals surface area contributed by atoms with Gasteiger partial charge < -0.3 is 19.9 Å². The molecule has 7 heteroatoms. The SMILES string of the molecule is CNCC(C)(C(=O)OCC(O)COC(=O)P)C(C)(C)C. The van der Waals surface area contributed by atoms with E-state index in [1.165, 1.54) is 0 Å². The van der Waals surface area contributed by atoms with Gasteiger partial charge in [-0.25, -0.2) is 4.79 Å². The highest BCUT2D eigenvalue weighted by Gasteiger charge is 2.45. The third-order valence-corrected chi connectivity index (χ3v) is 3.63. The number of aliphatic hydroxyl groups is 1. The molecule has 0 bridgehead atoms. The van der Waals surface area contributed by atoms with Crippen molar-refractivity contribution in [2.75, 3.05) is 26.8 Å². The molecular weight excluding hydrogens is 281 g/mol. The van der Waals surface area contributed by atoms with Crippen LogP contribution in [-0.2, 0) is 14.3 Å². The maximum Gasteiger partial charge on any atom is 0.319 e. The van der Waals surface area contributed by atoms with Crippen LogP contribution in [0.1, 0.15) is 27.7 Å². The summed E-state index contributed by atoms with van der Waals surface area (Å²) in [6.45, 7) is 7.75. The predicted octanol–water partition coefficient (Wildman–Crippen LogP) is 1.17. The van der Waals surface area contributed by atoms with Gasteiger partial charge in [0.1, 0.15) is 19.3 Å². The van der Waals surface area contributed by atoms with Gasteiger partial charge >= 0.3 is 11.7 Å². The lowest BCUT2D eigenvalue weighted by atomic mass is 9.68. The summed E-state index contributed by atoms with van der Waals surface area (Å²) in [7, 11) is 3.61. The average molecular weight is 307 g/mol. The van der Waals surface area contributed by atoms with Crippen molar-refractivity contribution in [3.05, 3.63) is 0 Å². The number of ether oxygens (including phenoxy) is 2. The number of esters is 1. The number of nitrogens with one attached hydrogen (secondary N) is 1. The molecule has 6 nitrogen and oxygen atoms in total. The van der Waals surface area contributed by atoms with Gasteiger partial charge in [-0.05, 0) is 28.6 Å². The second-order valence-electron chi connectivity index (χ2n) is 5.99. The van der Waals surface area contributed by atoms with E-state index in [1.54, 1.807) is 7.05 Å². The fraction of sp³-hybridized carbons (Fsp3) is 0.846. The monoisotopic (exact) mass is 307 g/mol. The molecule has 0 heterocycles. The van der Waals surface area contributed by atoms with Gasteiger partial charge in [-0.1, -0.05) is 20.8 Å². The van der Waals surface area contributed by atoms with E-state index in [2.05, 4.69) is 10.1 Å². The van der Waals surface area contributed by atoms with E-state index < -0.39 is 23.2 Å². The minimum atomic E-state index is -1.03. The molecule has 0 fully saturated rings. The predicted molar refractivity (Wildman–Crippen MR) is 79.5 cm³/mol. The minimum absolute atomic E-state index is 0.201. The molecule has 118 valence electrons. The molecule has 0 aromatic carbocycles. The first-order chi connectivity index (χ1) is 9.04. The van der Waals surface area contributed by atoms with Crippen molar-refractivity contribution in [3.8, 4) is 0 Å². The zero-order valence-electron chi connectivity index (χ0n) is 12.9. The lowest BCUT2D eigenvalue weighted by Gasteiger charge is -2.39. The Balaban J connectivity index is 4.52. The van der Waals surface area contributed by atoms with E-state index >= 15 is 0 Å². The van der Waals surface area contributed by atoms with Gasteiger partial charge in [0.2, 0.25) is 0 Å². The lowest BCUT2D eigenvalue weighted by molar-refractivity contribution is -0.165. The zero-order valence-corrected chi connectivity index (χ0v) is 14.0. The highest BCUT2D eigenvalue weighted by atomic mass is 31.0. The van der Waals surface area contributed by atoms with Crippen LogP contribution in [0.25, 0.3) is 0 Å². The molecule has 3 unspecified atom stereocenters. The van der Waals surface area contributed by atoms with Crippen LogP contribution >= 0.6 is 9.24 Å². The number of hydrogen-bond acceptors (Lipinski definition) is 6. The molecule has 0 saturated carbocycles. The third-order valence-electron chi connectivity index (χ3n) is 3.46. The van der Waals surface area contributed by atoms with Crippen molar-refractivity contribution in [1.29, 1.82) is 0 Å². The van der Waals surface area contributed by atoms with Crippen molar-refractivity contribution < 1.29 is 24.2 Å². The Kier molecular flexibility index (Phi) is 7.63. The number of hydrogen-bond donors (Lipinski definition) is 2. The molecule has 0 spiro atoms. The van der Waals surface area contributed by atoms with Crippen molar-refractivity contribution in [3.63, 3.8) is 0 Å². The van der Waals surface area contributed by atoms with Crippen LogP contribution in [0.5, 0.6) is 0 Å². The largest absolute Gasteiger partial charge is 0.462 e. The van der Waals surface area contributed by atoms with Gasteiger partial charge in [0.05, 0.1) is 5.41 Å². The molecule has 0 aromatic rings. The average Bonchev–Trinajstić information content (AvgIpc) is 2.32. The third kappa shape index (κ3) is 5.73. The molecule has 0 aliphatic heterocycles. The normalized spacial score (nSPS) is 16.1. The van der Waals surface area contributed by atoms with Gasteiger partial charge in [-0.2, -0.15) is 0 Å². The second-order valence-corrected chi connectivity index (χ2v) is 6.47. The van der Waals surface area contributed by atoms with Gasteiger partial charge in [-0.15, -0.1) is 0 Å². The second kappa shape index (κ2) is 7.91. The standard InChI is InChI=1S/C13H26NO5P/c1-12(2,3)13(4,8-14-5)10(16)18-6-9(15)7-19-11(17)20/h9,14-15H,6-8,20H2,1-5H3. The Hall–Kier alpha value is -0.710. The Morgan fingerprint density at radius 2 is 1.70 bits per heavy atom. The topological polar surface area (TPSA) is 84.9 Å². The van der Waals surface area contributed by atoms with Crippen molar-refractivity contribution in [2.45, 2.75) is 33.8 Å². The molecule has 0 rings (SSSR count). The number of carbonyl (C=O) groups is 2. The smallest absolute Gasteiger partial charge is 0.319 e. The highest BCUT2D eigenvalue weighted by Crippen LogP contribution is 2.39. The highest BCUT2D eigenvalue weighted by molar-refractivity contribution is 7.39. The van der Waals surface area contributed by atoms with E-state index in [0.717, 1.165) is 0 Å². The fourth-order valence-electron chi connectivity index (χ4n) is 1.55. The molecular formula is C13H26NO5P. The van der Waals surface area contributed by atoms with E-state index in [0.29, 0.717) is 6.54 Å². The summed E-state index contributed by atoms with van der Waals surface area (Å²) in [6.07, 6.45) is -1.03. The number of rotatable bonds is 7. The van der Waals surface area contributed by atoms with E-state index in [9.17, 15) is 14.7 Å². The van der Waals surface area contributed by atoms with Gasteiger partial charge in [0, 0.05) is 6.54 Å². The summed E-state index contributed by atoms with van der Waals surface area (Å²) in [6, 6.07) is 0. The Morgan fingerprint density at radius 3 is 2.10 bits per heavy atom. The molecule has 0 aliphatic rings. The van der Waals surface area contributed by atoms with Crippen LogP contribution in [0.15, 0.2) is 0 Å². The van der Waals surface area contributed by atoms with Crippen LogP contribution in [0, 0.1) is 10.8 Å². The van der Waals surface area contributed by atoms with Crippen LogP contribution < -0.4 is 5.32 Å². The van der Waals surface area contributed by atoms with Crippen LogP contribution in [0.2, 0.25) is 0 Å². The fourth-order valence-corrected chi connectivity index (χ4v) is 1.65. The van der Waals surface area contributed by atoms with Gasteiger partial charge in [0.15, 0.2) is 0 Å². The molecule has 20 heavy (non-hydrogen) atoms. The summed E-state index contributed by atoms with van der Waals surface area (Å²) < 4.78 is 9.76. The molecule has 0 aromatic heterocycles. The Labute approximate surface area is 122 Å². The quantitative estimate of drug-likeness (QED) is 0.542. The summed E-state index contributed by atoms with van der Waals surface area (Å²) in [5.41, 5.74) is -1.59. The van der Waals surface area contributed by atoms with Gasteiger partial charge in [-0.3, -0.25) is 4.79 Å². The van der Waals surface area contributed by atoms with Crippen LogP contribution in [-0.4, -0.2) is 49.7 Å². The summed E-state index contributed by atoms with van der Waals surface area (Å²) in [5.74, 6) is -0.393. The number of carbonyl (C=O) groups excluding carboxylic acids is 2. The molecule has 0 saturated heterocycles. The maximum atomic E-state index is 12.3.